The molecule has 144 valence electrons. The fourth-order valence-corrected chi connectivity index (χ4v) is 2.87. The molecule has 0 N–H and O–H groups in total. The number of benzene rings is 1. The van der Waals surface area contributed by atoms with Gasteiger partial charge in [0.1, 0.15) is 5.60 Å². The molecule has 0 aromatic heterocycles. The lowest BCUT2D eigenvalue weighted by atomic mass is 10.0. The zero-order chi connectivity index (χ0) is 19.5. The van der Waals surface area contributed by atoms with Crippen molar-refractivity contribution in [3.63, 3.8) is 0 Å². The summed E-state index contributed by atoms with van der Waals surface area (Å²) in [6, 6.07) is 7.27. The number of nitrogens with zero attached hydrogens (tertiary/aromatic N) is 2. The molecular weight excluding hydrogens is 356 g/mol. The van der Waals surface area contributed by atoms with Gasteiger partial charge in [0.15, 0.2) is 6.10 Å². The van der Waals surface area contributed by atoms with Crippen LogP contribution in [-0.4, -0.2) is 66.8 Å². The van der Waals surface area contributed by atoms with Crippen LogP contribution < -0.4 is 0 Å². The maximum Gasteiger partial charge on any atom is 0.410 e. The van der Waals surface area contributed by atoms with Gasteiger partial charge in [-0.15, -0.1) is 0 Å². The van der Waals surface area contributed by atoms with Crippen LogP contribution in [0.2, 0.25) is 5.02 Å². The van der Waals surface area contributed by atoms with Gasteiger partial charge in [0.2, 0.25) is 0 Å². The van der Waals surface area contributed by atoms with Crippen molar-refractivity contribution in [3.05, 3.63) is 34.9 Å². The van der Waals surface area contributed by atoms with Crippen molar-refractivity contribution in [1.29, 1.82) is 0 Å². The minimum Gasteiger partial charge on any atom is -0.444 e. The number of carbonyl (C=O) groups excluding carboxylic acids is 2. The van der Waals surface area contributed by atoms with E-state index < -0.39 is 17.8 Å². The smallest absolute Gasteiger partial charge is 0.410 e. The van der Waals surface area contributed by atoms with E-state index >= 15 is 0 Å². The van der Waals surface area contributed by atoms with Gasteiger partial charge in [0.25, 0.3) is 5.91 Å². The van der Waals surface area contributed by atoms with Gasteiger partial charge >= 0.3 is 6.09 Å². The minimum absolute atomic E-state index is 0.163. The zero-order valence-electron chi connectivity index (χ0n) is 16.0. The molecule has 0 radical (unpaired) electrons. The fraction of sp³-hybridized carbons (Fsp3) is 0.579. The van der Waals surface area contributed by atoms with Gasteiger partial charge < -0.3 is 14.4 Å². The van der Waals surface area contributed by atoms with Crippen molar-refractivity contribution in [2.75, 3.05) is 27.2 Å². The van der Waals surface area contributed by atoms with Gasteiger partial charge in [-0.05, 0) is 44.9 Å². The van der Waals surface area contributed by atoms with Crippen molar-refractivity contribution < 1.29 is 19.1 Å². The van der Waals surface area contributed by atoms with Crippen LogP contribution in [0.1, 0.15) is 26.3 Å². The Labute approximate surface area is 160 Å². The van der Waals surface area contributed by atoms with E-state index in [1.807, 2.05) is 45.0 Å². The van der Waals surface area contributed by atoms with Gasteiger partial charge in [-0.1, -0.05) is 23.7 Å². The molecule has 1 aromatic rings. The molecular formula is C19H27ClN2O4. The van der Waals surface area contributed by atoms with Crippen molar-refractivity contribution in [2.45, 2.75) is 44.9 Å². The number of halogens is 1. The topological polar surface area (TPSA) is 59.1 Å². The summed E-state index contributed by atoms with van der Waals surface area (Å²) in [5.41, 5.74) is 0.426. The van der Waals surface area contributed by atoms with Crippen LogP contribution in [0.25, 0.3) is 0 Å². The molecule has 0 unspecified atom stereocenters. The Kier molecular flexibility index (Phi) is 6.53. The summed E-state index contributed by atoms with van der Waals surface area (Å²) in [7, 11) is 3.34. The second-order valence-corrected chi connectivity index (χ2v) is 8.11. The van der Waals surface area contributed by atoms with Crippen LogP contribution in [0.4, 0.5) is 4.79 Å². The number of amides is 2. The van der Waals surface area contributed by atoms with E-state index in [0.717, 1.165) is 5.56 Å². The lowest BCUT2D eigenvalue weighted by Gasteiger charge is -2.40. The Morgan fingerprint density at radius 3 is 2.42 bits per heavy atom. The summed E-state index contributed by atoms with van der Waals surface area (Å²) in [6.07, 6.45) is -0.519. The number of carbonyl (C=O) groups is 2. The molecule has 2 amide bonds. The quantitative estimate of drug-likeness (QED) is 0.806. The van der Waals surface area contributed by atoms with Gasteiger partial charge in [-0.3, -0.25) is 9.69 Å². The highest BCUT2D eigenvalue weighted by molar-refractivity contribution is 6.30. The zero-order valence-corrected chi connectivity index (χ0v) is 16.7. The third-order valence-electron chi connectivity index (χ3n) is 4.02. The summed E-state index contributed by atoms with van der Waals surface area (Å²) in [5, 5.41) is 0.661. The van der Waals surface area contributed by atoms with Gasteiger partial charge in [0.05, 0.1) is 19.2 Å². The lowest BCUT2D eigenvalue weighted by molar-refractivity contribution is -0.149. The Morgan fingerprint density at radius 1 is 1.27 bits per heavy atom. The Hall–Kier alpha value is -1.79. The Morgan fingerprint density at radius 2 is 1.88 bits per heavy atom. The molecule has 1 aliphatic heterocycles. The molecule has 0 spiro atoms. The highest BCUT2D eigenvalue weighted by Crippen LogP contribution is 2.21. The molecule has 2 atom stereocenters. The average Bonchev–Trinajstić information content (AvgIpc) is 2.55. The van der Waals surface area contributed by atoms with E-state index in [1.165, 1.54) is 4.90 Å². The molecule has 1 aliphatic rings. The monoisotopic (exact) mass is 382 g/mol. The van der Waals surface area contributed by atoms with Crippen LogP contribution in [-0.2, 0) is 20.7 Å². The first-order valence-electron chi connectivity index (χ1n) is 8.63. The summed E-state index contributed by atoms with van der Waals surface area (Å²) in [4.78, 5) is 28.0. The number of hydrogen-bond acceptors (Lipinski definition) is 4. The lowest BCUT2D eigenvalue weighted by Crippen LogP contribution is -2.57. The van der Waals surface area contributed by atoms with E-state index in [2.05, 4.69) is 0 Å². The predicted octanol–water partition coefficient (Wildman–Crippen LogP) is 2.98. The minimum atomic E-state index is -0.681. The van der Waals surface area contributed by atoms with Crippen molar-refractivity contribution in [3.8, 4) is 0 Å². The van der Waals surface area contributed by atoms with Gasteiger partial charge in [-0.2, -0.15) is 0 Å². The summed E-state index contributed by atoms with van der Waals surface area (Å²) in [5.74, 6) is -0.163. The van der Waals surface area contributed by atoms with Crippen LogP contribution in [0.15, 0.2) is 24.3 Å². The van der Waals surface area contributed by atoms with E-state index in [0.29, 0.717) is 11.4 Å². The number of morpholine rings is 1. The molecule has 0 saturated carbocycles. The van der Waals surface area contributed by atoms with Gasteiger partial charge in [-0.25, -0.2) is 4.79 Å². The first-order valence-corrected chi connectivity index (χ1v) is 9.01. The first kappa shape index (κ1) is 20.5. The molecule has 0 aliphatic carbocycles. The Balaban J connectivity index is 2.17. The largest absolute Gasteiger partial charge is 0.444 e. The van der Waals surface area contributed by atoms with E-state index in [9.17, 15) is 9.59 Å². The molecule has 0 bridgehead atoms. The number of likely N-dealkylation sites (N-methyl/N-ethyl adjacent to an activating group) is 1. The van der Waals surface area contributed by atoms with Gasteiger partial charge in [0, 0.05) is 19.1 Å². The van der Waals surface area contributed by atoms with Crippen LogP contribution in [0.3, 0.4) is 0 Å². The average molecular weight is 383 g/mol. The SMILES string of the molecule is CN(C)C(=O)[C@H]1CN(C(=O)OC(C)(C)C)[C@@H](Cc2ccc(Cl)cc2)CO1. The van der Waals surface area contributed by atoms with Crippen molar-refractivity contribution in [1.82, 2.24) is 9.80 Å². The number of rotatable bonds is 3. The van der Waals surface area contributed by atoms with Crippen LogP contribution in [0.5, 0.6) is 0 Å². The highest BCUT2D eigenvalue weighted by Gasteiger charge is 2.38. The number of ether oxygens (including phenoxy) is 2. The number of hydrogen-bond donors (Lipinski definition) is 0. The first-order chi connectivity index (χ1) is 12.1. The van der Waals surface area contributed by atoms with Crippen molar-refractivity contribution in [2.24, 2.45) is 0 Å². The maximum atomic E-state index is 12.7. The second-order valence-electron chi connectivity index (χ2n) is 7.67. The molecule has 1 fully saturated rings. The summed E-state index contributed by atoms with van der Waals surface area (Å²) < 4.78 is 11.3. The van der Waals surface area contributed by atoms with Crippen LogP contribution >= 0.6 is 11.6 Å². The van der Waals surface area contributed by atoms with E-state index in [4.69, 9.17) is 21.1 Å². The summed E-state index contributed by atoms with van der Waals surface area (Å²) >= 11 is 5.94. The molecule has 7 heteroatoms. The fourth-order valence-electron chi connectivity index (χ4n) is 2.74. The predicted molar refractivity (Wildman–Crippen MR) is 100 cm³/mol. The highest BCUT2D eigenvalue weighted by atomic mass is 35.5. The Bertz CT molecular complexity index is 640. The molecule has 26 heavy (non-hydrogen) atoms. The van der Waals surface area contributed by atoms with E-state index in [-0.39, 0.29) is 25.1 Å². The maximum absolute atomic E-state index is 12.7. The third-order valence-corrected chi connectivity index (χ3v) is 4.27. The third kappa shape index (κ3) is 5.61. The second kappa shape index (κ2) is 8.27. The van der Waals surface area contributed by atoms with Crippen molar-refractivity contribution >= 4 is 23.6 Å². The van der Waals surface area contributed by atoms with Crippen LogP contribution in [0, 0.1) is 0 Å². The molecule has 1 aromatic carbocycles. The summed E-state index contributed by atoms with van der Waals surface area (Å²) in [6.45, 7) is 5.91. The standard InChI is InChI=1S/C19H27ClN2O4/c1-19(2,3)26-18(24)22-11-16(17(23)21(4)5)25-12-15(22)10-13-6-8-14(20)9-7-13/h6-9,15-16H,10-12H2,1-5H3/t15-,16+/m0/s1. The normalized spacial score (nSPS) is 20.6. The molecule has 1 saturated heterocycles. The molecule has 6 nitrogen and oxygen atoms in total. The molecule has 1 heterocycles. The molecule has 2 rings (SSSR count). The van der Waals surface area contributed by atoms with E-state index in [1.54, 1.807) is 19.0 Å².